The molecule has 0 saturated carbocycles. The summed E-state index contributed by atoms with van der Waals surface area (Å²) in [6.07, 6.45) is 7.24. The van der Waals surface area contributed by atoms with Crippen LogP contribution in [0.4, 0.5) is 4.79 Å². The second-order valence-electron chi connectivity index (χ2n) is 5.81. The third-order valence-corrected chi connectivity index (χ3v) is 4.51. The molecule has 2 fully saturated rings. The second-order valence-corrected chi connectivity index (χ2v) is 6.72. The van der Waals surface area contributed by atoms with Crippen molar-refractivity contribution in [2.24, 2.45) is 0 Å². The summed E-state index contributed by atoms with van der Waals surface area (Å²) in [5.74, 6) is 0. The zero-order chi connectivity index (χ0) is 16.1. The van der Waals surface area contributed by atoms with E-state index in [0.29, 0.717) is 25.6 Å². The third-order valence-electron chi connectivity index (χ3n) is 4.10. The number of ether oxygens (including phenoxy) is 2. The summed E-state index contributed by atoms with van der Waals surface area (Å²) < 4.78 is 12.1. The zero-order valence-electron chi connectivity index (χ0n) is 12.9. The smallest absolute Gasteiger partial charge is 0.317 e. The number of carbonyl (C=O) groups is 1. The van der Waals surface area contributed by atoms with Gasteiger partial charge in [0.2, 0.25) is 0 Å². The number of hydrogen-bond donors (Lipinski definition) is 1. The minimum absolute atomic E-state index is 0.0150. The molecule has 0 spiro atoms. The average molecular weight is 385 g/mol. The molecule has 7 nitrogen and oxygen atoms in total. The number of rotatable bonds is 4. The number of halogens is 1. The standard InChI is InChI=1S/C15H21BrN4O3/c16-11-8-17-14(18-9-11)23-12-3-5-20(6-4-12)15(21)19-10-13-2-1-7-22-13/h8-9,12-13H,1-7,10H2,(H,19,21). The molecule has 2 saturated heterocycles. The van der Waals surface area contributed by atoms with Crippen molar-refractivity contribution in [2.45, 2.75) is 37.9 Å². The number of urea groups is 1. The maximum Gasteiger partial charge on any atom is 0.317 e. The fourth-order valence-corrected chi connectivity index (χ4v) is 3.01. The molecule has 2 aliphatic heterocycles. The third kappa shape index (κ3) is 4.78. The first-order valence-electron chi connectivity index (χ1n) is 7.99. The lowest BCUT2D eigenvalue weighted by Gasteiger charge is -2.31. The Kier molecular flexibility index (Phi) is 5.66. The van der Waals surface area contributed by atoms with Crippen molar-refractivity contribution in [3.8, 4) is 6.01 Å². The Bertz CT molecular complexity index is 514. The fourth-order valence-electron chi connectivity index (χ4n) is 2.81. The van der Waals surface area contributed by atoms with Crippen LogP contribution in [0.1, 0.15) is 25.7 Å². The zero-order valence-corrected chi connectivity index (χ0v) is 14.5. The minimum atomic E-state index is -0.0150. The van der Waals surface area contributed by atoms with Crippen LogP contribution in [-0.2, 0) is 4.74 Å². The fraction of sp³-hybridized carbons (Fsp3) is 0.667. The first-order valence-corrected chi connectivity index (χ1v) is 8.78. The predicted molar refractivity (Wildman–Crippen MR) is 87.3 cm³/mol. The Morgan fingerprint density at radius 2 is 2.09 bits per heavy atom. The van der Waals surface area contributed by atoms with E-state index in [9.17, 15) is 4.79 Å². The molecule has 23 heavy (non-hydrogen) atoms. The Labute approximate surface area is 143 Å². The van der Waals surface area contributed by atoms with Gasteiger partial charge in [-0.1, -0.05) is 0 Å². The van der Waals surface area contributed by atoms with Crippen LogP contribution in [0.2, 0.25) is 0 Å². The molecule has 2 amide bonds. The number of hydrogen-bond acceptors (Lipinski definition) is 5. The molecule has 8 heteroatoms. The molecule has 1 aromatic heterocycles. The van der Waals surface area contributed by atoms with Crippen LogP contribution in [0.3, 0.4) is 0 Å². The lowest BCUT2D eigenvalue weighted by atomic mass is 10.1. The number of nitrogens with one attached hydrogen (secondary N) is 1. The first-order chi connectivity index (χ1) is 11.2. The van der Waals surface area contributed by atoms with E-state index < -0.39 is 0 Å². The van der Waals surface area contributed by atoms with Crippen LogP contribution in [0.5, 0.6) is 6.01 Å². The van der Waals surface area contributed by atoms with Gasteiger partial charge in [-0.3, -0.25) is 0 Å². The number of amides is 2. The van der Waals surface area contributed by atoms with E-state index in [2.05, 4.69) is 31.2 Å². The number of carbonyl (C=O) groups excluding carboxylic acids is 1. The van der Waals surface area contributed by atoms with Gasteiger partial charge in [-0.15, -0.1) is 0 Å². The van der Waals surface area contributed by atoms with Crippen molar-refractivity contribution in [1.29, 1.82) is 0 Å². The van der Waals surface area contributed by atoms with Gasteiger partial charge in [-0.2, -0.15) is 0 Å². The Morgan fingerprint density at radius 3 is 2.74 bits per heavy atom. The van der Waals surface area contributed by atoms with Crippen molar-refractivity contribution < 1.29 is 14.3 Å². The highest BCUT2D eigenvalue weighted by Crippen LogP contribution is 2.17. The molecule has 1 N–H and O–H groups in total. The highest BCUT2D eigenvalue weighted by atomic mass is 79.9. The normalized spacial score (nSPS) is 22.1. The van der Waals surface area contributed by atoms with Crippen molar-refractivity contribution in [2.75, 3.05) is 26.2 Å². The van der Waals surface area contributed by atoms with Crippen molar-refractivity contribution >= 4 is 22.0 Å². The highest BCUT2D eigenvalue weighted by Gasteiger charge is 2.25. The van der Waals surface area contributed by atoms with Gasteiger partial charge in [0.25, 0.3) is 0 Å². The van der Waals surface area contributed by atoms with E-state index in [-0.39, 0.29) is 18.2 Å². The van der Waals surface area contributed by atoms with E-state index in [1.165, 1.54) is 0 Å². The topological polar surface area (TPSA) is 76.6 Å². The summed E-state index contributed by atoms with van der Waals surface area (Å²) in [5, 5.41) is 2.96. The molecule has 1 unspecified atom stereocenters. The monoisotopic (exact) mass is 384 g/mol. The van der Waals surface area contributed by atoms with Crippen molar-refractivity contribution in [3.63, 3.8) is 0 Å². The molecule has 1 atom stereocenters. The summed E-state index contributed by atoms with van der Waals surface area (Å²) in [6.45, 7) is 2.76. The van der Waals surface area contributed by atoms with Gasteiger partial charge in [0.1, 0.15) is 6.10 Å². The molecule has 3 rings (SSSR count). The summed E-state index contributed by atoms with van der Waals surface area (Å²) in [5.41, 5.74) is 0. The van der Waals surface area contributed by atoms with Gasteiger partial charge < -0.3 is 19.7 Å². The van der Waals surface area contributed by atoms with Crippen LogP contribution in [0, 0.1) is 0 Å². The van der Waals surface area contributed by atoms with E-state index >= 15 is 0 Å². The maximum absolute atomic E-state index is 12.1. The Hall–Kier alpha value is -1.41. The maximum atomic E-state index is 12.1. The van der Waals surface area contributed by atoms with Crippen LogP contribution in [0.15, 0.2) is 16.9 Å². The molecule has 0 aliphatic carbocycles. The number of piperidine rings is 1. The van der Waals surface area contributed by atoms with E-state index in [1.54, 1.807) is 12.4 Å². The lowest BCUT2D eigenvalue weighted by molar-refractivity contribution is 0.0941. The molecule has 0 aromatic carbocycles. The van der Waals surface area contributed by atoms with Crippen molar-refractivity contribution in [1.82, 2.24) is 20.2 Å². The van der Waals surface area contributed by atoms with E-state index in [4.69, 9.17) is 9.47 Å². The number of nitrogens with zero attached hydrogens (tertiary/aromatic N) is 3. The molecular formula is C15H21BrN4O3. The summed E-state index contributed by atoms with van der Waals surface area (Å²) >= 11 is 3.29. The van der Waals surface area contributed by atoms with Gasteiger partial charge in [0.15, 0.2) is 0 Å². The summed E-state index contributed by atoms with van der Waals surface area (Å²) in [7, 11) is 0. The predicted octanol–water partition coefficient (Wildman–Crippen LogP) is 1.97. The van der Waals surface area contributed by atoms with Gasteiger partial charge in [0, 0.05) is 51.5 Å². The average Bonchev–Trinajstić information content (AvgIpc) is 3.09. The van der Waals surface area contributed by atoms with E-state index in [0.717, 1.165) is 36.8 Å². The molecule has 2 aliphatic rings. The number of aromatic nitrogens is 2. The summed E-state index contributed by atoms with van der Waals surface area (Å²) in [6, 6.07) is 0.369. The highest BCUT2D eigenvalue weighted by molar-refractivity contribution is 9.10. The van der Waals surface area contributed by atoms with Crippen LogP contribution in [-0.4, -0.2) is 59.3 Å². The lowest BCUT2D eigenvalue weighted by Crippen LogP contribution is -2.48. The van der Waals surface area contributed by atoms with Gasteiger partial charge in [-0.05, 0) is 28.8 Å². The van der Waals surface area contributed by atoms with Crippen LogP contribution < -0.4 is 10.1 Å². The quantitative estimate of drug-likeness (QED) is 0.858. The van der Waals surface area contributed by atoms with Gasteiger partial charge in [0.05, 0.1) is 10.6 Å². The Balaban J connectivity index is 1.39. The largest absolute Gasteiger partial charge is 0.460 e. The molecule has 126 valence electrons. The molecule has 3 heterocycles. The molecule has 0 bridgehead atoms. The minimum Gasteiger partial charge on any atom is -0.460 e. The van der Waals surface area contributed by atoms with Crippen molar-refractivity contribution in [3.05, 3.63) is 16.9 Å². The van der Waals surface area contributed by atoms with Gasteiger partial charge >= 0.3 is 12.0 Å². The molecular weight excluding hydrogens is 364 g/mol. The number of likely N-dealkylation sites (tertiary alicyclic amines) is 1. The second kappa shape index (κ2) is 7.92. The summed E-state index contributed by atoms with van der Waals surface area (Å²) in [4.78, 5) is 22.2. The van der Waals surface area contributed by atoms with Crippen LogP contribution in [0.25, 0.3) is 0 Å². The van der Waals surface area contributed by atoms with E-state index in [1.807, 2.05) is 4.90 Å². The SMILES string of the molecule is O=C(NCC1CCCO1)N1CCC(Oc2ncc(Br)cn2)CC1. The molecule has 0 radical (unpaired) electrons. The Morgan fingerprint density at radius 1 is 1.35 bits per heavy atom. The van der Waals surface area contributed by atoms with Crippen LogP contribution >= 0.6 is 15.9 Å². The van der Waals surface area contributed by atoms with Gasteiger partial charge in [-0.25, -0.2) is 14.8 Å². The molecule has 1 aromatic rings. The first kappa shape index (κ1) is 16.4.